The molecule has 29 heavy (non-hydrogen) atoms. The van der Waals surface area contributed by atoms with Crippen LogP contribution in [-0.4, -0.2) is 16.7 Å². The fraction of sp³-hybridized carbons (Fsp3) is 0.519. The molecule has 5 rings (SSSR count). The molecule has 2 aromatic rings. The fourth-order valence-electron chi connectivity index (χ4n) is 6.63. The van der Waals surface area contributed by atoms with Crippen LogP contribution in [0, 0.1) is 17.3 Å². The number of hydrogen-bond donors (Lipinski definition) is 1. The number of aromatic nitrogens is 1. The maximum atomic E-state index is 9.96. The van der Waals surface area contributed by atoms with Crippen LogP contribution in [0.25, 0.3) is 16.5 Å². The van der Waals surface area contributed by atoms with Crippen LogP contribution in [0.5, 0.6) is 0 Å². The molecule has 0 saturated carbocycles. The van der Waals surface area contributed by atoms with Gasteiger partial charge in [0.1, 0.15) is 0 Å². The van der Waals surface area contributed by atoms with Gasteiger partial charge in [-0.3, -0.25) is 4.98 Å². The Labute approximate surface area is 174 Å². The van der Waals surface area contributed by atoms with Gasteiger partial charge in [-0.2, -0.15) is 0 Å². The molecule has 1 N–H and O–H groups in total. The molecule has 3 atom stereocenters. The highest BCUT2D eigenvalue weighted by molar-refractivity contribution is 6.00. The highest BCUT2D eigenvalue weighted by Crippen LogP contribution is 2.60. The van der Waals surface area contributed by atoms with Gasteiger partial charge in [0.05, 0.1) is 12.1 Å². The highest BCUT2D eigenvalue weighted by atomic mass is 16.3. The second-order valence-electron chi connectivity index (χ2n) is 10.6. The molecule has 152 valence electrons. The van der Waals surface area contributed by atoms with E-state index in [0.29, 0.717) is 17.8 Å². The van der Waals surface area contributed by atoms with Crippen LogP contribution in [0.3, 0.4) is 0 Å². The molecular formula is C27H33NO. The molecule has 0 spiro atoms. The molecule has 0 aliphatic heterocycles. The Bertz CT molecular complexity index is 1090. The van der Waals surface area contributed by atoms with E-state index in [4.69, 9.17) is 4.98 Å². The number of pyridine rings is 1. The quantitative estimate of drug-likeness (QED) is 0.606. The van der Waals surface area contributed by atoms with Crippen LogP contribution >= 0.6 is 0 Å². The van der Waals surface area contributed by atoms with Crippen LogP contribution in [0.15, 0.2) is 41.6 Å². The van der Waals surface area contributed by atoms with Crippen molar-refractivity contribution in [2.75, 3.05) is 6.61 Å². The number of fused-ring (bicyclic) bond motifs is 2. The van der Waals surface area contributed by atoms with E-state index in [9.17, 15) is 5.11 Å². The molecule has 0 fully saturated rings. The Morgan fingerprint density at radius 3 is 2.62 bits per heavy atom. The summed E-state index contributed by atoms with van der Waals surface area (Å²) >= 11 is 0. The molecule has 2 heteroatoms. The predicted molar refractivity (Wildman–Crippen MR) is 121 cm³/mol. The largest absolute Gasteiger partial charge is 0.392 e. The number of aliphatic hydroxyl groups is 1. The minimum absolute atomic E-state index is 0.0283. The van der Waals surface area contributed by atoms with Gasteiger partial charge in [-0.1, -0.05) is 65.3 Å². The summed E-state index contributed by atoms with van der Waals surface area (Å²) in [6.07, 6.45) is 6.62. The summed E-state index contributed by atoms with van der Waals surface area (Å²) in [5, 5.41) is 11.3. The number of aliphatic hydroxyl groups excluding tert-OH is 1. The monoisotopic (exact) mass is 387 g/mol. The van der Waals surface area contributed by atoms with Gasteiger partial charge in [-0.05, 0) is 64.0 Å². The van der Waals surface area contributed by atoms with Crippen LogP contribution in [0.2, 0.25) is 0 Å². The van der Waals surface area contributed by atoms with Crippen molar-refractivity contribution < 1.29 is 5.11 Å². The molecule has 1 aromatic heterocycles. The third-order valence-corrected chi connectivity index (χ3v) is 8.53. The number of benzene rings is 1. The first-order valence-corrected chi connectivity index (χ1v) is 11.2. The van der Waals surface area contributed by atoms with Gasteiger partial charge < -0.3 is 5.11 Å². The van der Waals surface area contributed by atoms with E-state index in [-0.39, 0.29) is 17.4 Å². The van der Waals surface area contributed by atoms with Crippen LogP contribution in [0.4, 0.5) is 0 Å². The Hall–Kier alpha value is -1.93. The Morgan fingerprint density at radius 2 is 1.93 bits per heavy atom. The summed E-state index contributed by atoms with van der Waals surface area (Å²) < 4.78 is 0. The average molecular weight is 388 g/mol. The van der Waals surface area contributed by atoms with Crippen molar-refractivity contribution in [2.45, 2.75) is 65.7 Å². The van der Waals surface area contributed by atoms with E-state index < -0.39 is 0 Å². The summed E-state index contributed by atoms with van der Waals surface area (Å²) in [4.78, 5) is 4.93. The van der Waals surface area contributed by atoms with Crippen LogP contribution in [-0.2, 0) is 5.41 Å². The maximum absolute atomic E-state index is 9.96. The SMILES string of the molecule is CCC1=C2CC(C)(C)C(C)C3C(CO)=CC3c3cnc4cccc(c4c32)C1(C)C. The highest BCUT2D eigenvalue weighted by Gasteiger charge is 2.48. The molecule has 3 aliphatic carbocycles. The molecule has 0 saturated heterocycles. The Morgan fingerprint density at radius 1 is 1.17 bits per heavy atom. The lowest BCUT2D eigenvalue weighted by Gasteiger charge is -2.51. The van der Waals surface area contributed by atoms with Gasteiger partial charge >= 0.3 is 0 Å². The van der Waals surface area contributed by atoms with Gasteiger partial charge in [-0.25, -0.2) is 0 Å². The second kappa shape index (κ2) is 6.04. The first-order chi connectivity index (χ1) is 13.7. The van der Waals surface area contributed by atoms with Crippen molar-refractivity contribution in [3.8, 4) is 0 Å². The summed E-state index contributed by atoms with van der Waals surface area (Å²) in [7, 11) is 0. The third-order valence-electron chi connectivity index (χ3n) is 8.53. The van der Waals surface area contributed by atoms with Gasteiger partial charge in [0.15, 0.2) is 0 Å². The van der Waals surface area contributed by atoms with Gasteiger partial charge in [0, 0.05) is 22.9 Å². The average Bonchev–Trinajstić information content (AvgIpc) is 2.65. The second-order valence-corrected chi connectivity index (χ2v) is 10.6. The lowest BCUT2D eigenvalue weighted by atomic mass is 9.53. The zero-order valence-corrected chi connectivity index (χ0v) is 18.6. The standard InChI is InChI=1S/C27H33NO/c1-7-20-18-12-26(3,4)15(2)23-16(14-29)11-17(23)19-13-28-22-10-8-9-21(27(20,5)6)25(22)24(18)19/h8-11,13,15,17,23,29H,7,12,14H2,1-6H3. The van der Waals surface area contributed by atoms with E-state index in [2.05, 4.69) is 72.0 Å². The summed E-state index contributed by atoms with van der Waals surface area (Å²) in [5.41, 5.74) is 9.97. The predicted octanol–water partition coefficient (Wildman–Crippen LogP) is 6.39. The van der Waals surface area contributed by atoms with E-state index in [1.54, 1.807) is 11.1 Å². The summed E-state index contributed by atoms with van der Waals surface area (Å²) in [6, 6.07) is 6.65. The molecule has 3 aliphatic rings. The minimum Gasteiger partial charge on any atom is -0.392 e. The lowest BCUT2D eigenvalue weighted by Crippen LogP contribution is -2.41. The van der Waals surface area contributed by atoms with E-state index in [1.807, 2.05) is 0 Å². The van der Waals surface area contributed by atoms with Crippen molar-refractivity contribution in [2.24, 2.45) is 17.3 Å². The van der Waals surface area contributed by atoms with Gasteiger partial charge in [0.25, 0.3) is 0 Å². The van der Waals surface area contributed by atoms with Crippen LogP contribution in [0.1, 0.15) is 77.0 Å². The number of allylic oxidation sites excluding steroid dienone is 3. The molecule has 0 bridgehead atoms. The normalized spacial score (nSPS) is 28.9. The Balaban J connectivity index is 1.92. The van der Waals surface area contributed by atoms with Gasteiger partial charge in [-0.15, -0.1) is 0 Å². The lowest BCUT2D eigenvalue weighted by molar-refractivity contribution is 0.140. The molecule has 1 aromatic carbocycles. The Kier molecular flexibility index (Phi) is 3.97. The van der Waals surface area contributed by atoms with Crippen molar-refractivity contribution in [3.63, 3.8) is 0 Å². The maximum Gasteiger partial charge on any atom is 0.0711 e. The number of hydrogen-bond acceptors (Lipinski definition) is 2. The minimum atomic E-state index is 0.0283. The fourth-order valence-corrected chi connectivity index (χ4v) is 6.63. The van der Waals surface area contributed by atoms with Crippen molar-refractivity contribution in [1.82, 2.24) is 4.98 Å². The molecule has 2 nitrogen and oxygen atoms in total. The zero-order valence-electron chi connectivity index (χ0n) is 18.6. The van der Waals surface area contributed by atoms with E-state index in [0.717, 1.165) is 18.4 Å². The van der Waals surface area contributed by atoms with Gasteiger partial charge in [0.2, 0.25) is 0 Å². The third kappa shape index (κ3) is 2.36. The smallest absolute Gasteiger partial charge is 0.0711 e. The van der Waals surface area contributed by atoms with E-state index in [1.165, 1.54) is 27.6 Å². The molecule has 0 radical (unpaired) electrons. The molecular weight excluding hydrogens is 354 g/mol. The number of nitrogens with zero attached hydrogens (tertiary/aromatic N) is 1. The van der Waals surface area contributed by atoms with Crippen LogP contribution < -0.4 is 0 Å². The first kappa shape index (κ1) is 19.1. The van der Waals surface area contributed by atoms with Crippen molar-refractivity contribution in [1.29, 1.82) is 0 Å². The summed E-state index contributed by atoms with van der Waals surface area (Å²) in [5.74, 6) is 1.29. The molecule has 0 amide bonds. The number of rotatable bonds is 2. The van der Waals surface area contributed by atoms with Crippen molar-refractivity contribution >= 4 is 16.5 Å². The van der Waals surface area contributed by atoms with E-state index >= 15 is 0 Å². The topological polar surface area (TPSA) is 33.1 Å². The molecule has 1 heterocycles. The molecule has 3 unspecified atom stereocenters. The van der Waals surface area contributed by atoms with Crippen molar-refractivity contribution in [3.05, 3.63) is 58.3 Å². The first-order valence-electron chi connectivity index (χ1n) is 11.2. The summed E-state index contributed by atoms with van der Waals surface area (Å²) in [6.45, 7) is 14.5. The zero-order chi connectivity index (χ0) is 20.7.